The van der Waals surface area contributed by atoms with Crippen molar-refractivity contribution >= 4 is 29.3 Å². The summed E-state index contributed by atoms with van der Waals surface area (Å²) in [5.41, 5.74) is 3.75. The first-order chi connectivity index (χ1) is 15.9. The SMILES string of the molecule is CCC(Cc1c[nH]c2ccccc12)N=Cc1c(O)n(-c2ccc(C(C)C)cc2)c(=S)[nH]c1=O. The molecule has 0 aliphatic carbocycles. The standard InChI is InChI=1S/C26H28N4O2S/c1-4-19(13-18-14-28-23-8-6-5-7-21(18)23)27-15-22-24(31)29-26(33)30(25(22)32)20-11-9-17(10-12-20)16(2)3/h5-12,14-16,19,28,32H,4,13H2,1-3H3,(H,29,31,33). The predicted octanol–water partition coefficient (Wildman–Crippen LogP) is 5.65. The molecule has 2 aromatic carbocycles. The number of para-hydroxylation sites is 1. The maximum atomic E-state index is 12.6. The fourth-order valence-corrected chi connectivity index (χ4v) is 4.22. The molecule has 170 valence electrons. The van der Waals surface area contributed by atoms with Gasteiger partial charge in [-0.1, -0.05) is 51.1 Å². The number of aliphatic imine (C=N–C) groups is 1. The van der Waals surface area contributed by atoms with Crippen LogP contribution in [0.5, 0.6) is 5.88 Å². The third kappa shape index (κ3) is 4.68. The molecule has 7 heteroatoms. The average Bonchev–Trinajstić information content (AvgIpc) is 3.21. The van der Waals surface area contributed by atoms with Gasteiger partial charge in [0.25, 0.3) is 5.56 Å². The van der Waals surface area contributed by atoms with E-state index in [0.29, 0.717) is 11.6 Å². The Bertz CT molecular complexity index is 1410. The van der Waals surface area contributed by atoms with Crippen LogP contribution in [-0.4, -0.2) is 31.9 Å². The van der Waals surface area contributed by atoms with Gasteiger partial charge in [0.15, 0.2) is 4.77 Å². The summed E-state index contributed by atoms with van der Waals surface area (Å²) in [5.74, 6) is 0.175. The Kier molecular flexibility index (Phi) is 6.60. The normalized spacial score (nSPS) is 12.7. The summed E-state index contributed by atoms with van der Waals surface area (Å²) in [6, 6.07) is 15.9. The van der Waals surface area contributed by atoms with Crippen molar-refractivity contribution in [2.75, 3.05) is 0 Å². The number of aromatic hydroxyl groups is 1. The number of fused-ring (bicyclic) bond motifs is 1. The van der Waals surface area contributed by atoms with Crippen LogP contribution in [0.25, 0.3) is 16.6 Å². The van der Waals surface area contributed by atoms with Crippen LogP contribution in [0.2, 0.25) is 0 Å². The summed E-state index contributed by atoms with van der Waals surface area (Å²) in [5, 5.41) is 12.1. The molecule has 4 rings (SSSR count). The van der Waals surface area contributed by atoms with E-state index in [1.165, 1.54) is 27.3 Å². The highest BCUT2D eigenvalue weighted by Gasteiger charge is 2.15. The van der Waals surface area contributed by atoms with E-state index in [2.05, 4.69) is 41.8 Å². The average molecular weight is 461 g/mol. The molecule has 1 atom stereocenters. The van der Waals surface area contributed by atoms with E-state index in [1.807, 2.05) is 48.7 Å². The quantitative estimate of drug-likeness (QED) is 0.246. The van der Waals surface area contributed by atoms with Crippen molar-refractivity contribution in [1.29, 1.82) is 0 Å². The van der Waals surface area contributed by atoms with E-state index in [4.69, 9.17) is 12.2 Å². The van der Waals surface area contributed by atoms with Gasteiger partial charge in [-0.25, -0.2) is 0 Å². The number of aromatic nitrogens is 3. The van der Waals surface area contributed by atoms with Gasteiger partial charge in [-0.3, -0.25) is 19.3 Å². The zero-order valence-electron chi connectivity index (χ0n) is 19.0. The summed E-state index contributed by atoms with van der Waals surface area (Å²) in [7, 11) is 0. The van der Waals surface area contributed by atoms with Gasteiger partial charge in [-0.05, 0) is 60.3 Å². The Morgan fingerprint density at radius 1 is 1.15 bits per heavy atom. The van der Waals surface area contributed by atoms with Gasteiger partial charge < -0.3 is 10.1 Å². The van der Waals surface area contributed by atoms with Crippen LogP contribution < -0.4 is 5.56 Å². The molecule has 0 spiro atoms. The van der Waals surface area contributed by atoms with Crippen molar-refractivity contribution in [3.63, 3.8) is 0 Å². The zero-order valence-corrected chi connectivity index (χ0v) is 19.8. The molecule has 6 nitrogen and oxygen atoms in total. The summed E-state index contributed by atoms with van der Waals surface area (Å²) in [6.45, 7) is 6.30. The smallest absolute Gasteiger partial charge is 0.264 e. The molecule has 0 fully saturated rings. The van der Waals surface area contributed by atoms with Crippen LogP contribution in [0.4, 0.5) is 0 Å². The molecule has 2 heterocycles. The number of nitrogens with one attached hydrogen (secondary N) is 2. The Balaban J connectivity index is 1.66. The molecule has 0 aliphatic rings. The van der Waals surface area contributed by atoms with Crippen molar-refractivity contribution < 1.29 is 5.11 Å². The number of rotatable bonds is 7. The maximum absolute atomic E-state index is 12.6. The topological polar surface area (TPSA) is 86.2 Å². The number of nitrogens with zero attached hydrogens (tertiary/aromatic N) is 2. The van der Waals surface area contributed by atoms with E-state index < -0.39 is 5.56 Å². The highest BCUT2D eigenvalue weighted by Crippen LogP contribution is 2.23. The van der Waals surface area contributed by atoms with Crippen molar-refractivity contribution in [2.24, 2.45) is 4.99 Å². The van der Waals surface area contributed by atoms with Gasteiger partial charge in [0.05, 0.1) is 11.7 Å². The molecule has 0 amide bonds. The monoisotopic (exact) mass is 460 g/mol. The van der Waals surface area contributed by atoms with E-state index >= 15 is 0 Å². The van der Waals surface area contributed by atoms with Gasteiger partial charge in [-0.2, -0.15) is 0 Å². The fraction of sp³-hybridized carbons (Fsp3) is 0.269. The largest absolute Gasteiger partial charge is 0.494 e. The molecule has 0 saturated carbocycles. The van der Waals surface area contributed by atoms with Crippen molar-refractivity contribution in [2.45, 2.75) is 45.6 Å². The number of benzene rings is 2. The molecule has 2 aromatic heterocycles. The molecule has 1 unspecified atom stereocenters. The first-order valence-electron chi connectivity index (χ1n) is 11.2. The Morgan fingerprint density at radius 3 is 2.58 bits per heavy atom. The number of H-pyrrole nitrogens is 2. The number of aromatic amines is 2. The molecular formula is C26H28N4O2S. The third-order valence-corrected chi connectivity index (χ3v) is 6.24. The lowest BCUT2D eigenvalue weighted by atomic mass is 10.0. The third-order valence-electron chi connectivity index (χ3n) is 5.96. The second kappa shape index (κ2) is 9.58. The Labute approximate surface area is 197 Å². The molecule has 0 aliphatic heterocycles. The van der Waals surface area contributed by atoms with Crippen LogP contribution in [0.1, 0.15) is 49.8 Å². The minimum atomic E-state index is -0.460. The number of hydrogen-bond donors (Lipinski definition) is 3. The van der Waals surface area contributed by atoms with Gasteiger partial charge >= 0.3 is 0 Å². The van der Waals surface area contributed by atoms with Crippen LogP contribution in [-0.2, 0) is 6.42 Å². The van der Waals surface area contributed by atoms with Crippen LogP contribution in [0.15, 0.2) is 64.5 Å². The van der Waals surface area contributed by atoms with Crippen LogP contribution in [0.3, 0.4) is 0 Å². The lowest BCUT2D eigenvalue weighted by Gasteiger charge is -2.13. The lowest BCUT2D eigenvalue weighted by Crippen LogP contribution is -2.19. The molecule has 0 bridgehead atoms. The summed E-state index contributed by atoms with van der Waals surface area (Å²) < 4.78 is 1.60. The highest BCUT2D eigenvalue weighted by molar-refractivity contribution is 7.71. The second-order valence-corrected chi connectivity index (χ2v) is 8.87. The van der Waals surface area contributed by atoms with E-state index in [1.54, 1.807) is 0 Å². The zero-order chi connectivity index (χ0) is 23.5. The molecular weight excluding hydrogens is 432 g/mol. The molecule has 4 aromatic rings. The van der Waals surface area contributed by atoms with Gasteiger partial charge in [0.1, 0.15) is 5.56 Å². The second-order valence-electron chi connectivity index (χ2n) is 8.48. The van der Waals surface area contributed by atoms with Crippen LogP contribution >= 0.6 is 12.2 Å². The minimum absolute atomic E-state index is 0.0371. The van der Waals surface area contributed by atoms with Crippen LogP contribution in [0, 0.1) is 4.77 Å². The van der Waals surface area contributed by atoms with E-state index in [0.717, 1.165) is 18.4 Å². The first kappa shape index (κ1) is 22.7. The van der Waals surface area contributed by atoms with E-state index in [-0.39, 0.29) is 22.3 Å². The number of hydrogen-bond acceptors (Lipinski definition) is 4. The molecule has 33 heavy (non-hydrogen) atoms. The summed E-state index contributed by atoms with van der Waals surface area (Å²) in [4.78, 5) is 23.2. The van der Waals surface area contributed by atoms with Gasteiger partial charge in [0, 0.05) is 23.3 Å². The lowest BCUT2D eigenvalue weighted by molar-refractivity contribution is 0.432. The molecule has 3 N–H and O–H groups in total. The molecule has 0 saturated heterocycles. The van der Waals surface area contributed by atoms with E-state index in [9.17, 15) is 9.90 Å². The summed E-state index contributed by atoms with van der Waals surface area (Å²) >= 11 is 5.33. The molecule has 0 radical (unpaired) electrons. The summed E-state index contributed by atoms with van der Waals surface area (Å²) in [6.07, 6.45) is 4.99. The van der Waals surface area contributed by atoms with Gasteiger partial charge in [0.2, 0.25) is 5.88 Å². The van der Waals surface area contributed by atoms with Gasteiger partial charge in [-0.15, -0.1) is 0 Å². The predicted molar refractivity (Wildman–Crippen MR) is 137 cm³/mol. The minimum Gasteiger partial charge on any atom is -0.494 e. The van der Waals surface area contributed by atoms with Crippen molar-refractivity contribution in [3.8, 4) is 11.6 Å². The maximum Gasteiger partial charge on any atom is 0.264 e. The Hall–Kier alpha value is -3.45. The first-order valence-corrected chi connectivity index (χ1v) is 11.6. The highest BCUT2D eigenvalue weighted by atomic mass is 32.1. The Morgan fingerprint density at radius 2 is 1.88 bits per heavy atom. The fourth-order valence-electron chi connectivity index (χ4n) is 3.94. The van der Waals surface area contributed by atoms with Crippen molar-refractivity contribution in [3.05, 3.63) is 86.5 Å². The van der Waals surface area contributed by atoms with Crippen molar-refractivity contribution in [1.82, 2.24) is 14.5 Å².